The van der Waals surface area contributed by atoms with E-state index in [2.05, 4.69) is 20.3 Å². The number of hydrogen-bond donors (Lipinski definition) is 2. The molecule has 2 aliphatic heterocycles. The molecule has 2 fully saturated rings. The minimum absolute atomic E-state index is 0.0505. The molecule has 4 rings (SSSR count). The summed E-state index contributed by atoms with van der Waals surface area (Å²) in [5.41, 5.74) is -1.39. The Hall–Kier alpha value is -2.46. The molecule has 2 aromatic heterocycles. The van der Waals surface area contributed by atoms with Crippen LogP contribution in [-0.4, -0.2) is 62.3 Å². The van der Waals surface area contributed by atoms with E-state index < -0.39 is 28.2 Å². The Morgan fingerprint density at radius 1 is 1.39 bits per heavy atom. The van der Waals surface area contributed by atoms with Gasteiger partial charge in [-0.15, -0.1) is 0 Å². The molecule has 31 heavy (non-hydrogen) atoms. The number of ether oxygens (including phenoxy) is 2. The first-order valence-electron chi connectivity index (χ1n) is 10.2. The van der Waals surface area contributed by atoms with Gasteiger partial charge in [-0.1, -0.05) is 11.6 Å². The van der Waals surface area contributed by atoms with Gasteiger partial charge in [0, 0.05) is 12.6 Å². The molecule has 4 heterocycles. The quantitative estimate of drug-likeness (QED) is 0.687. The van der Waals surface area contributed by atoms with Crippen LogP contribution in [0, 0.1) is 5.82 Å². The summed E-state index contributed by atoms with van der Waals surface area (Å²) in [6.45, 7) is 7.89. The largest absolute Gasteiger partial charge is 0.472 e. The lowest BCUT2D eigenvalue weighted by molar-refractivity contribution is -0.00492. The van der Waals surface area contributed by atoms with E-state index in [9.17, 15) is 14.0 Å². The zero-order valence-corrected chi connectivity index (χ0v) is 18.5. The molecular formula is C20H25ClFN5O4. The SMILES string of the molecule is C[C@H](Oc1nc(Cl)c(F)c2nc[nH]c(=O)c12)[C@H]1NC[C@@H]2CC[C@H]1N2C(=O)OC(C)(C)C. The van der Waals surface area contributed by atoms with Crippen LogP contribution in [0.5, 0.6) is 5.88 Å². The summed E-state index contributed by atoms with van der Waals surface area (Å²) in [5.74, 6) is -0.984. The van der Waals surface area contributed by atoms with Gasteiger partial charge in [-0.05, 0) is 40.5 Å². The van der Waals surface area contributed by atoms with E-state index in [1.165, 1.54) is 0 Å². The molecule has 2 aromatic rings. The smallest absolute Gasteiger partial charge is 0.410 e. The van der Waals surface area contributed by atoms with Crippen LogP contribution in [-0.2, 0) is 4.74 Å². The Morgan fingerprint density at radius 3 is 2.84 bits per heavy atom. The number of pyridine rings is 1. The fourth-order valence-corrected chi connectivity index (χ4v) is 4.51. The first-order valence-corrected chi connectivity index (χ1v) is 10.6. The number of H-pyrrole nitrogens is 1. The number of nitrogens with zero attached hydrogens (tertiary/aromatic N) is 3. The van der Waals surface area contributed by atoms with Gasteiger partial charge in [-0.3, -0.25) is 9.69 Å². The van der Waals surface area contributed by atoms with Gasteiger partial charge in [0.25, 0.3) is 5.56 Å². The van der Waals surface area contributed by atoms with E-state index in [-0.39, 0.29) is 41.0 Å². The van der Waals surface area contributed by atoms with Crippen molar-refractivity contribution in [3.63, 3.8) is 0 Å². The lowest BCUT2D eigenvalue weighted by Crippen LogP contribution is -2.64. The van der Waals surface area contributed by atoms with Crippen molar-refractivity contribution in [3.8, 4) is 5.88 Å². The molecule has 2 aliphatic rings. The number of piperazine rings is 1. The lowest BCUT2D eigenvalue weighted by Gasteiger charge is -2.42. The number of aromatic amines is 1. The molecule has 9 nitrogen and oxygen atoms in total. The van der Waals surface area contributed by atoms with Gasteiger partial charge in [0.2, 0.25) is 5.88 Å². The van der Waals surface area contributed by atoms with Crippen molar-refractivity contribution in [2.24, 2.45) is 0 Å². The molecule has 0 unspecified atom stereocenters. The van der Waals surface area contributed by atoms with Crippen molar-refractivity contribution in [1.82, 2.24) is 25.2 Å². The highest BCUT2D eigenvalue weighted by molar-refractivity contribution is 6.30. The second-order valence-corrected chi connectivity index (χ2v) is 9.28. The predicted octanol–water partition coefficient (Wildman–Crippen LogP) is 2.62. The number of hydrogen-bond acceptors (Lipinski definition) is 7. The van der Waals surface area contributed by atoms with Crippen molar-refractivity contribution >= 4 is 28.6 Å². The molecule has 168 valence electrons. The summed E-state index contributed by atoms with van der Waals surface area (Å²) < 4.78 is 25.9. The molecule has 0 aromatic carbocycles. The third-order valence-electron chi connectivity index (χ3n) is 5.61. The second-order valence-electron chi connectivity index (χ2n) is 8.92. The Bertz CT molecular complexity index is 1070. The summed E-state index contributed by atoms with van der Waals surface area (Å²) in [5, 5.41) is 2.89. The molecule has 2 saturated heterocycles. The number of amides is 1. The van der Waals surface area contributed by atoms with Gasteiger partial charge in [-0.25, -0.2) is 14.2 Å². The van der Waals surface area contributed by atoms with E-state index in [1.807, 2.05) is 20.8 Å². The van der Waals surface area contributed by atoms with E-state index >= 15 is 0 Å². The van der Waals surface area contributed by atoms with E-state index in [0.29, 0.717) is 6.54 Å². The Labute approximate surface area is 183 Å². The molecule has 0 saturated carbocycles. The highest BCUT2D eigenvalue weighted by Gasteiger charge is 2.48. The molecule has 0 aliphatic carbocycles. The van der Waals surface area contributed by atoms with Crippen LogP contribution >= 0.6 is 11.6 Å². The maximum atomic E-state index is 14.3. The molecule has 0 radical (unpaired) electrons. The van der Waals surface area contributed by atoms with Gasteiger partial charge in [-0.2, -0.15) is 4.98 Å². The van der Waals surface area contributed by atoms with Crippen LogP contribution < -0.4 is 15.6 Å². The Balaban J connectivity index is 1.61. The topological polar surface area (TPSA) is 109 Å². The highest BCUT2D eigenvalue weighted by Crippen LogP contribution is 2.34. The van der Waals surface area contributed by atoms with Crippen molar-refractivity contribution < 1.29 is 18.7 Å². The lowest BCUT2D eigenvalue weighted by atomic mass is 10.0. The van der Waals surface area contributed by atoms with E-state index in [1.54, 1.807) is 11.8 Å². The number of fused-ring (bicyclic) bond motifs is 3. The maximum Gasteiger partial charge on any atom is 0.410 e. The average molecular weight is 454 g/mol. The van der Waals surface area contributed by atoms with Crippen LogP contribution in [0.15, 0.2) is 11.1 Å². The molecule has 11 heteroatoms. The predicted molar refractivity (Wildman–Crippen MR) is 112 cm³/mol. The van der Waals surface area contributed by atoms with E-state index in [4.69, 9.17) is 21.1 Å². The molecular weight excluding hydrogens is 429 g/mol. The van der Waals surface area contributed by atoms with Gasteiger partial charge >= 0.3 is 6.09 Å². The Kier molecular flexibility index (Phi) is 5.55. The minimum atomic E-state index is -0.881. The number of carbonyl (C=O) groups is 1. The third-order valence-corrected chi connectivity index (χ3v) is 5.86. The number of carbonyl (C=O) groups excluding carboxylic acids is 1. The first kappa shape index (κ1) is 21.8. The van der Waals surface area contributed by atoms with Gasteiger partial charge in [0.1, 0.15) is 22.6 Å². The molecule has 0 spiro atoms. The Morgan fingerprint density at radius 2 is 2.13 bits per heavy atom. The molecule has 4 atom stereocenters. The second kappa shape index (κ2) is 7.90. The maximum absolute atomic E-state index is 14.3. The van der Waals surface area contributed by atoms with Crippen molar-refractivity contribution in [1.29, 1.82) is 0 Å². The standard InChI is InChI=1S/C20H25ClFN5O4/c1-9(30-18-12-15(13(22)16(21)26-18)24-8-25-17(12)28)14-11-6-5-10(7-23-14)27(11)19(29)31-20(2,3)4/h8-11,14,23H,5-7H2,1-4H3,(H,24,25,28)/t9-,10-,11+,14+/m0/s1. The van der Waals surface area contributed by atoms with Crippen molar-refractivity contribution in [3.05, 3.63) is 27.7 Å². The molecule has 2 bridgehead atoms. The van der Waals surface area contributed by atoms with Gasteiger partial charge in [0.05, 0.1) is 18.4 Å². The average Bonchev–Trinajstić information content (AvgIpc) is 2.97. The van der Waals surface area contributed by atoms with Crippen LogP contribution in [0.25, 0.3) is 10.9 Å². The molecule has 2 N–H and O–H groups in total. The number of aromatic nitrogens is 3. The van der Waals surface area contributed by atoms with Crippen LogP contribution in [0.2, 0.25) is 5.15 Å². The van der Waals surface area contributed by atoms with Crippen LogP contribution in [0.4, 0.5) is 9.18 Å². The number of nitrogens with one attached hydrogen (secondary N) is 2. The minimum Gasteiger partial charge on any atom is -0.472 e. The van der Waals surface area contributed by atoms with Crippen molar-refractivity contribution in [2.45, 2.75) is 70.4 Å². The summed E-state index contributed by atoms with van der Waals surface area (Å²) in [6, 6.07) is -0.348. The van der Waals surface area contributed by atoms with Crippen LogP contribution in [0.3, 0.4) is 0 Å². The fraction of sp³-hybridized carbons (Fsp3) is 0.600. The van der Waals surface area contributed by atoms with Crippen molar-refractivity contribution in [2.75, 3.05) is 6.54 Å². The normalized spacial score (nSPS) is 24.3. The highest BCUT2D eigenvalue weighted by atomic mass is 35.5. The van der Waals surface area contributed by atoms with Gasteiger partial charge < -0.3 is 19.8 Å². The number of halogens is 2. The summed E-state index contributed by atoms with van der Waals surface area (Å²) >= 11 is 5.90. The fourth-order valence-electron chi connectivity index (χ4n) is 4.34. The summed E-state index contributed by atoms with van der Waals surface area (Å²) in [6.07, 6.45) is 1.87. The summed E-state index contributed by atoms with van der Waals surface area (Å²) in [4.78, 5) is 37.1. The van der Waals surface area contributed by atoms with Gasteiger partial charge in [0.15, 0.2) is 11.0 Å². The third kappa shape index (κ3) is 4.06. The zero-order valence-electron chi connectivity index (χ0n) is 17.7. The zero-order chi connectivity index (χ0) is 22.5. The van der Waals surface area contributed by atoms with Crippen LogP contribution in [0.1, 0.15) is 40.5 Å². The first-order chi connectivity index (χ1) is 14.6. The summed E-state index contributed by atoms with van der Waals surface area (Å²) in [7, 11) is 0. The number of rotatable bonds is 3. The molecule has 1 amide bonds. The monoisotopic (exact) mass is 453 g/mol. The van der Waals surface area contributed by atoms with E-state index in [0.717, 1.165) is 19.2 Å².